The molecule has 0 bridgehead atoms. The first-order valence-electron chi connectivity index (χ1n) is 8.69. The molecule has 0 spiro atoms. The molecule has 3 rings (SSSR count). The molecule has 0 aromatic carbocycles. The molecule has 0 N–H and O–H groups in total. The summed E-state index contributed by atoms with van der Waals surface area (Å²) in [7, 11) is 0. The minimum Gasteiger partial charge on any atom is -0.378 e. The van der Waals surface area contributed by atoms with Crippen LogP contribution >= 0.6 is 0 Å². The van der Waals surface area contributed by atoms with E-state index in [1.807, 2.05) is 4.90 Å². The van der Waals surface area contributed by atoms with Gasteiger partial charge < -0.3 is 9.64 Å². The summed E-state index contributed by atoms with van der Waals surface area (Å²) in [6.07, 6.45) is 9.90. The maximum atomic E-state index is 12.5. The van der Waals surface area contributed by atoms with Crippen LogP contribution in [-0.2, 0) is 14.3 Å². The average Bonchev–Trinajstić information content (AvgIpc) is 3.16. The van der Waals surface area contributed by atoms with Gasteiger partial charge in [0.25, 0.3) is 0 Å². The van der Waals surface area contributed by atoms with Crippen LogP contribution in [0.2, 0.25) is 0 Å². The summed E-state index contributed by atoms with van der Waals surface area (Å²) in [5.74, 6) is 0.754. The second-order valence-electron chi connectivity index (χ2n) is 6.79. The van der Waals surface area contributed by atoms with Gasteiger partial charge in [-0.2, -0.15) is 0 Å². The lowest BCUT2D eigenvalue weighted by atomic mass is 9.81. The molecule has 2 saturated heterocycles. The highest BCUT2D eigenvalue weighted by atomic mass is 16.5. The quantitative estimate of drug-likeness (QED) is 0.800. The van der Waals surface area contributed by atoms with E-state index in [1.165, 1.54) is 0 Å². The summed E-state index contributed by atoms with van der Waals surface area (Å²) in [6, 6.07) is 0.190. The molecule has 0 aromatic heterocycles. The van der Waals surface area contributed by atoms with Crippen LogP contribution in [0.15, 0.2) is 0 Å². The van der Waals surface area contributed by atoms with Gasteiger partial charge in [0, 0.05) is 38.0 Å². The predicted molar refractivity (Wildman–Crippen MR) is 79.9 cm³/mol. The number of likely N-dealkylation sites (tertiary alicyclic amines) is 1. The van der Waals surface area contributed by atoms with E-state index in [9.17, 15) is 9.59 Å². The second-order valence-corrected chi connectivity index (χ2v) is 6.79. The Balaban J connectivity index is 1.55. The van der Waals surface area contributed by atoms with Crippen molar-refractivity contribution in [2.75, 3.05) is 13.2 Å². The molecular formula is C17H27NO3. The Hall–Kier alpha value is -0.900. The van der Waals surface area contributed by atoms with Gasteiger partial charge in [0.2, 0.25) is 5.91 Å². The normalized spacial score (nSPS) is 33.6. The topological polar surface area (TPSA) is 46.6 Å². The number of Topliss-reactive ketones (excluding diaryl/α,β-unsaturated/α-hetero) is 1. The number of nitrogens with zero attached hydrogens (tertiary/aromatic N) is 1. The third kappa shape index (κ3) is 3.47. The SMILES string of the molecule is O=C1CCCCC1C1CCCN1C(=O)CCC1CCCO1. The summed E-state index contributed by atoms with van der Waals surface area (Å²) in [5.41, 5.74) is 0. The molecule has 3 fully saturated rings. The summed E-state index contributed by atoms with van der Waals surface area (Å²) < 4.78 is 5.60. The van der Waals surface area contributed by atoms with Crippen LogP contribution in [-0.4, -0.2) is 41.9 Å². The van der Waals surface area contributed by atoms with Gasteiger partial charge in [0.15, 0.2) is 0 Å². The zero-order valence-corrected chi connectivity index (χ0v) is 12.9. The molecule has 1 aliphatic carbocycles. The number of carbonyl (C=O) groups excluding carboxylic acids is 2. The summed E-state index contributed by atoms with van der Waals surface area (Å²) >= 11 is 0. The number of ketones is 1. The van der Waals surface area contributed by atoms with E-state index in [2.05, 4.69) is 0 Å². The zero-order chi connectivity index (χ0) is 14.7. The van der Waals surface area contributed by atoms with Crippen molar-refractivity contribution in [1.82, 2.24) is 4.90 Å². The number of rotatable bonds is 4. The fourth-order valence-corrected chi connectivity index (χ4v) is 4.24. The maximum Gasteiger partial charge on any atom is 0.222 e. The van der Waals surface area contributed by atoms with Gasteiger partial charge in [-0.25, -0.2) is 0 Å². The van der Waals surface area contributed by atoms with Crippen molar-refractivity contribution in [3.8, 4) is 0 Å². The van der Waals surface area contributed by atoms with Crippen LogP contribution < -0.4 is 0 Å². The first-order chi connectivity index (χ1) is 10.3. The minimum absolute atomic E-state index is 0.118. The molecule has 1 saturated carbocycles. The van der Waals surface area contributed by atoms with Crippen LogP contribution in [0, 0.1) is 5.92 Å². The van der Waals surface area contributed by atoms with E-state index in [4.69, 9.17) is 4.74 Å². The van der Waals surface area contributed by atoms with Gasteiger partial charge in [-0.05, 0) is 44.9 Å². The minimum atomic E-state index is 0.118. The van der Waals surface area contributed by atoms with Crippen molar-refractivity contribution in [3.05, 3.63) is 0 Å². The molecule has 1 amide bonds. The molecule has 0 aromatic rings. The Labute approximate surface area is 127 Å². The highest BCUT2D eigenvalue weighted by Gasteiger charge is 2.38. The lowest BCUT2D eigenvalue weighted by Crippen LogP contribution is -2.43. The maximum absolute atomic E-state index is 12.5. The zero-order valence-electron chi connectivity index (χ0n) is 12.9. The highest BCUT2D eigenvalue weighted by Crippen LogP contribution is 2.33. The largest absolute Gasteiger partial charge is 0.378 e. The number of hydrogen-bond acceptors (Lipinski definition) is 3. The van der Waals surface area contributed by atoms with E-state index in [0.717, 1.165) is 70.9 Å². The van der Waals surface area contributed by atoms with E-state index in [0.29, 0.717) is 12.2 Å². The standard InChI is InChI=1S/C17H27NO3/c19-16-8-2-1-6-14(16)15-7-3-11-18(15)17(20)10-9-13-5-4-12-21-13/h13-15H,1-12H2. The van der Waals surface area contributed by atoms with Gasteiger partial charge in [-0.15, -0.1) is 0 Å². The average molecular weight is 293 g/mol. The molecule has 118 valence electrons. The van der Waals surface area contributed by atoms with Crippen molar-refractivity contribution in [2.45, 2.75) is 76.4 Å². The monoisotopic (exact) mass is 293 g/mol. The van der Waals surface area contributed by atoms with E-state index in [-0.39, 0.29) is 24.0 Å². The molecule has 4 nitrogen and oxygen atoms in total. The van der Waals surface area contributed by atoms with E-state index >= 15 is 0 Å². The third-order valence-corrected chi connectivity index (χ3v) is 5.39. The fourth-order valence-electron chi connectivity index (χ4n) is 4.24. The first kappa shape index (κ1) is 15.0. The summed E-state index contributed by atoms with van der Waals surface area (Å²) in [6.45, 7) is 1.70. The highest BCUT2D eigenvalue weighted by molar-refractivity contribution is 5.84. The molecule has 3 aliphatic rings. The third-order valence-electron chi connectivity index (χ3n) is 5.39. The fraction of sp³-hybridized carbons (Fsp3) is 0.882. The summed E-state index contributed by atoms with van der Waals surface area (Å²) in [4.78, 5) is 26.7. The predicted octanol–water partition coefficient (Wildman–Crippen LogP) is 2.70. The van der Waals surface area contributed by atoms with E-state index in [1.54, 1.807) is 0 Å². The molecule has 21 heavy (non-hydrogen) atoms. The molecule has 3 atom stereocenters. The number of ether oxygens (including phenoxy) is 1. The molecule has 3 unspecified atom stereocenters. The Morgan fingerprint density at radius 3 is 2.81 bits per heavy atom. The molecular weight excluding hydrogens is 266 g/mol. The Morgan fingerprint density at radius 1 is 1.14 bits per heavy atom. The Kier molecular flexibility index (Phi) is 4.94. The van der Waals surface area contributed by atoms with Crippen LogP contribution in [0.1, 0.15) is 64.2 Å². The summed E-state index contributed by atoms with van der Waals surface area (Å²) in [5, 5.41) is 0. The van der Waals surface area contributed by atoms with Crippen molar-refractivity contribution in [2.24, 2.45) is 5.92 Å². The Morgan fingerprint density at radius 2 is 2.05 bits per heavy atom. The number of hydrogen-bond donors (Lipinski definition) is 0. The number of carbonyl (C=O) groups is 2. The van der Waals surface area contributed by atoms with Crippen LogP contribution in [0.25, 0.3) is 0 Å². The molecule has 0 radical (unpaired) electrons. The lowest BCUT2D eigenvalue weighted by molar-refractivity contribution is -0.136. The smallest absolute Gasteiger partial charge is 0.222 e. The van der Waals surface area contributed by atoms with Crippen molar-refractivity contribution in [1.29, 1.82) is 0 Å². The van der Waals surface area contributed by atoms with Gasteiger partial charge >= 0.3 is 0 Å². The second kappa shape index (κ2) is 6.91. The lowest BCUT2D eigenvalue weighted by Gasteiger charge is -2.33. The molecule has 4 heteroatoms. The van der Waals surface area contributed by atoms with Crippen molar-refractivity contribution < 1.29 is 14.3 Å². The van der Waals surface area contributed by atoms with Crippen molar-refractivity contribution >= 4 is 11.7 Å². The molecule has 2 aliphatic heterocycles. The number of amides is 1. The Bertz CT molecular complexity index is 389. The van der Waals surface area contributed by atoms with Gasteiger partial charge in [0.05, 0.1) is 6.10 Å². The van der Waals surface area contributed by atoms with Crippen LogP contribution in [0.3, 0.4) is 0 Å². The van der Waals surface area contributed by atoms with Gasteiger partial charge in [0.1, 0.15) is 5.78 Å². The van der Waals surface area contributed by atoms with E-state index < -0.39 is 0 Å². The molecule has 2 heterocycles. The first-order valence-corrected chi connectivity index (χ1v) is 8.69. The van der Waals surface area contributed by atoms with Crippen LogP contribution in [0.4, 0.5) is 0 Å². The van der Waals surface area contributed by atoms with Crippen LogP contribution in [0.5, 0.6) is 0 Å². The van der Waals surface area contributed by atoms with Gasteiger partial charge in [-0.1, -0.05) is 6.42 Å². The van der Waals surface area contributed by atoms with Gasteiger partial charge in [-0.3, -0.25) is 9.59 Å². The van der Waals surface area contributed by atoms with Crippen molar-refractivity contribution in [3.63, 3.8) is 0 Å².